The molecule has 38 heavy (non-hydrogen) atoms. The van der Waals surface area contributed by atoms with Gasteiger partial charge in [0, 0.05) is 13.1 Å². The summed E-state index contributed by atoms with van der Waals surface area (Å²) >= 11 is 1.55. The fraction of sp³-hybridized carbons (Fsp3) is 0.571. The predicted octanol–water partition coefficient (Wildman–Crippen LogP) is 4.33. The molecule has 0 radical (unpaired) electrons. The highest BCUT2D eigenvalue weighted by molar-refractivity contribution is 7.98. The lowest BCUT2D eigenvalue weighted by atomic mass is 9.99. The maximum Gasteiger partial charge on any atom is 0.408 e. The molecular weight excluding hydrogens is 506 g/mol. The molecule has 2 atom stereocenters. The van der Waals surface area contributed by atoms with Crippen molar-refractivity contribution in [1.82, 2.24) is 15.5 Å². The predicted molar refractivity (Wildman–Crippen MR) is 152 cm³/mol. The molecule has 0 heterocycles. The molecule has 0 aliphatic heterocycles. The number of benzene rings is 1. The highest BCUT2D eigenvalue weighted by atomic mass is 32.2. The number of amides is 3. The van der Waals surface area contributed by atoms with E-state index in [-0.39, 0.29) is 32.0 Å². The Hall–Kier alpha value is -3.01. The number of hydrogen-bond acceptors (Lipinski definition) is 7. The summed E-state index contributed by atoms with van der Waals surface area (Å²) in [6.45, 7) is 13.3. The molecule has 0 saturated heterocycles. The maximum absolute atomic E-state index is 14.0. The van der Waals surface area contributed by atoms with Gasteiger partial charge in [-0.25, -0.2) is 4.79 Å². The molecule has 1 rings (SSSR count). The molecule has 0 saturated carbocycles. The fourth-order valence-electron chi connectivity index (χ4n) is 3.70. The summed E-state index contributed by atoms with van der Waals surface area (Å²) in [6.07, 6.45) is 3.84. The summed E-state index contributed by atoms with van der Waals surface area (Å²) in [4.78, 5) is 53.4. The number of ether oxygens (including phenoxy) is 2. The van der Waals surface area contributed by atoms with Gasteiger partial charge < -0.3 is 25.0 Å². The molecule has 1 aromatic carbocycles. The Bertz CT molecular complexity index is 947. The van der Waals surface area contributed by atoms with Crippen LogP contribution >= 0.6 is 11.8 Å². The monoisotopic (exact) mass is 549 g/mol. The molecule has 10 heteroatoms. The molecule has 212 valence electrons. The van der Waals surface area contributed by atoms with Crippen LogP contribution in [0.15, 0.2) is 30.8 Å². The van der Waals surface area contributed by atoms with E-state index in [0.717, 1.165) is 5.56 Å². The maximum atomic E-state index is 14.0. The van der Waals surface area contributed by atoms with E-state index in [1.165, 1.54) is 4.90 Å². The molecule has 0 aliphatic rings. The van der Waals surface area contributed by atoms with Crippen molar-refractivity contribution in [3.8, 4) is 0 Å². The quantitative estimate of drug-likeness (QED) is 0.313. The number of thioether (sulfide) groups is 1. The molecule has 0 fully saturated rings. The highest BCUT2D eigenvalue weighted by Gasteiger charge is 2.35. The van der Waals surface area contributed by atoms with Crippen LogP contribution in [0.4, 0.5) is 4.79 Å². The average molecular weight is 550 g/mol. The first-order chi connectivity index (χ1) is 18.0. The van der Waals surface area contributed by atoms with Gasteiger partial charge in [-0.1, -0.05) is 37.8 Å². The second-order valence-electron chi connectivity index (χ2n) is 9.63. The first kappa shape index (κ1) is 33.0. The third-order valence-electron chi connectivity index (χ3n) is 5.30. The first-order valence-corrected chi connectivity index (χ1v) is 14.3. The number of carbonyl (C=O) groups excluding carboxylic acids is 4. The van der Waals surface area contributed by atoms with Gasteiger partial charge in [0.15, 0.2) is 0 Å². The second-order valence-corrected chi connectivity index (χ2v) is 10.6. The van der Waals surface area contributed by atoms with E-state index in [1.807, 2.05) is 19.2 Å². The third-order valence-corrected chi connectivity index (χ3v) is 5.95. The van der Waals surface area contributed by atoms with Crippen LogP contribution in [0.3, 0.4) is 0 Å². The number of hydrogen-bond donors (Lipinski definition) is 2. The lowest BCUT2D eigenvalue weighted by Crippen LogP contribution is -2.53. The van der Waals surface area contributed by atoms with Crippen molar-refractivity contribution in [3.63, 3.8) is 0 Å². The Kier molecular flexibility index (Phi) is 14.6. The Balaban J connectivity index is 3.37. The van der Waals surface area contributed by atoms with Gasteiger partial charge in [0.1, 0.15) is 17.7 Å². The van der Waals surface area contributed by atoms with Crippen molar-refractivity contribution < 1.29 is 28.7 Å². The smallest absolute Gasteiger partial charge is 0.408 e. The number of alkyl carbamates (subject to hydrolysis) is 1. The van der Waals surface area contributed by atoms with Gasteiger partial charge >= 0.3 is 12.1 Å². The van der Waals surface area contributed by atoms with Gasteiger partial charge in [-0.2, -0.15) is 11.8 Å². The topological polar surface area (TPSA) is 114 Å². The Morgan fingerprint density at radius 3 is 2.47 bits per heavy atom. The molecule has 3 amide bonds. The van der Waals surface area contributed by atoms with Crippen LogP contribution in [0.1, 0.15) is 71.0 Å². The summed E-state index contributed by atoms with van der Waals surface area (Å²) in [5.74, 6) is -0.619. The van der Waals surface area contributed by atoms with Crippen LogP contribution in [-0.4, -0.2) is 72.1 Å². The van der Waals surface area contributed by atoms with Gasteiger partial charge in [-0.15, -0.1) is 0 Å². The minimum Gasteiger partial charge on any atom is -0.466 e. The van der Waals surface area contributed by atoms with Gasteiger partial charge in [0.05, 0.1) is 13.0 Å². The van der Waals surface area contributed by atoms with E-state index < -0.39 is 35.7 Å². The van der Waals surface area contributed by atoms with Crippen LogP contribution in [0.2, 0.25) is 0 Å². The second kappa shape index (κ2) is 16.8. The molecular formula is C28H43N3O6S. The molecule has 0 aliphatic carbocycles. The molecule has 0 aromatic heterocycles. The Labute approximate surface area is 231 Å². The normalized spacial score (nSPS) is 12.6. The van der Waals surface area contributed by atoms with Crippen molar-refractivity contribution in [1.29, 1.82) is 0 Å². The lowest BCUT2D eigenvalue weighted by molar-refractivity contribution is -0.144. The van der Waals surface area contributed by atoms with Gasteiger partial charge in [-0.3, -0.25) is 14.4 Å². The summed E-state index contributed by atoms with van der Waals surface area (Å²) in [7, 11) is 0. The molecule has 2 N–H and O–H groups in total. The molecule has 0 spiro atoms. The number of esters is 1. The summed E-state index contributed by atoms with van der Waals surface area (Å²) in [6, 6.07) is 5.35. The van der Waals surface area contributed by atoms with E-state index in [9.17, 15) is 19.2 Å². The highest BCUT2D eigenvalue weighted by Crippen LogP contribution is 2.25. The number of carbonyl (C=O) groups is 4. The largest absolute Gasteiger partial charge is 0.466 e. The summed E-state index contributed by atoms with van der Waals surface area (Å²) in [5, 5.41) is 5.49. The zero-order chi connectivity index (χ0) is 28.7. The van der Waals surface area contributed by atoms with Crippen molar-refractivity contribution in [2.75, 3.05) is 31.7 Å². The number of nitrogens with one attached hydrogen (secondary N) is 2. The third kappa shape index (κ3) is 11.6. The van der Waals surface area contributed by atoms with Crippen LogP contribution in [0, 0.1) is 0 Å². The van der Waals surface area contributed by atoms with Crippen LogP contribution in [0.5, 0.6) is 0 Å². The van der Waals surface area contributed by atoms with Crippen molar-refractivity contribution in [3.05, 3.63) is 42.0 Å². The number of rotatable bonds is 15. The van der Waals surface area contributed by atoms with E-state index in [0.29, 0.717) is 24.2 Å². The summed E-state index contributed by atoms with van der Waals surface area (Å²) in [5.41, 5.74) is 0.660. The number of nitrogens with zero attached hydrogens (tertiary/aromatic N) is 1. The van der Waals surface area contributed by atoms with Crippen LogP contribution in [-0.2, 0) is 23.9 Å². The zero-order valence-corrected chi connectivity index (χ0v) is 24.3. The minimum absolute atomic E-state index is 0.0112. The Morgan fingerprint density at radius 1 is 1.18 bits per heavy atom. The fourth-order valence-corrected chi connectivity index (χ4v) is 4.17. The molecule has 1 aromatic rings. The van der Waals surface area contributed by atoms with Crippen molar-refractivity contribution in [2.24, 2.45) is 0 Å². The molecule has 9 nitrogen and oxygen atoms in total. The van der Waals surface area contributed by atoms with Gasteiger partial charge in [0.2, 0.25) is 11.8 Å². The van der Waals surface area contributed by atoms with Crippen molar-refractivity contribution >= 4 is 41.7 Å². The first-order valence-electron chi connectivity index (χ1n) is 12.9. The summed E-state index contributed by atoms with van der Waals surface area (Å²) < 4.78 is 10.3. The van der Waals surface area contributed by atoms with Gasteiger partial charge in [-0.05, 0) is 69.7 Å². The Morgan fingerprint density at radius 2 is 1.89 bits per heavy atom. The van der Waals surface area contributed by atoms with Crippen molar-refractivity contribution in [2.45, 2.75) is 71.6 Å². The van der Waals surface area contributed by atoms with E-state index >= 15 is 0 Å². The van der Waals surface area contributed by atoms with Crippen LogP contribution < -0.4 is 10.6 Å². The minimum atomic E-state index is -0.984. The zero-order valence-electron chi connectivity index (χ0n) is 23.5. The van der Waals surface area contributed by atoms with E-state index in [4.69, 9.17) is 9.47 Å². The van der Waals surface area contributed by atoms with E-state index in [2.05, 4.69) is 17.2 Å². The average Bonchev–Trinajstić information content (AvgIpc) is 2.85. The SMILES string of the molecule is C=Cc1cccc(C(C(=O)NCCC(=O)OCC)N(CCC)C(=O)C(CCSC)NC(=O)OC(C)(C)C)c1. The van der Waals surface area contributed by atoms with E-state index in [1.54, 1.807) is 63.7 Å². The molecule has 0 bridgehead atoms. The standard InChI is InChI=1S/C28H43N3O6S/c1-8-17-31(26(34)22(15-18-38-7)30-27(35)37-28(4,5)6)24(21-13-11-12-20(9-2)19-21)25(33)29-16-14-23(32)36-10-3/h9,11-13,19,22,24H,2,8,10,14-18H2,1,3-7H3,(H,29,33)(H,30,35). The van der Waals surface area contributed by atoms with Gasteiger partial charge in [0.25, 0.3) is 0 Å². The van der Waals surface area contributed by atoms with Crippen LogP contribution in [0.25, 0.3) is 6.08 Å². The molecule has 2 unspecified atom stereocenters. The lowest BCUT2D eigenvalue weighted by Gasteiger charge is -2.34.